The highest BCUT2D eigenvalue weighted by Gasteiger charge is 2.06. The zero-order valence-corrected chi connectivity index (χ0v) is 12.3. The van der Waals surface area contributed by atoms with Gasteiger partial charge in [-0.3, -0.25) is 0 Å². The van der Waals surface area contributed by atoms with Crippen LogP contribution >= 0.6 is 11.6 Å². The summed E-state index contributed by atoms with van der Waals surface area (Å²) in [5, 5.41) is 3.54. The molecule has 0 heterocycles. The number of hydrogen-bond donors (Lipinski definition) is 1. The minimum atomic E-state index is -0.358. The third kappa shape index (κ3) is 4.06. The van der Waals surface area contributed by atoms with Crippen LogP contribution in [0.25, 0.3) is 0 Å². The van der Waals surface area contributed by atoms with Crippen LogP contribution in [0.5, 0.6) is 0 Å². The summed E-state index contributed by atoms with van der Waals surface area (Å²) in [6.45, 7) is 3.69. The molecule has 0 radical (unpaired) electrons. The quantitative estimate of drug-likeness (QED) is 0.757. The van der Waals surface area contributed by atoms with Gasteiger partial charge in [-0.2, -0.15) is 0 Å². The SMILES string of the molecule is CC(CCNCc1cccc(F)c1Cl)c1ccccc1. The molecule has 1 nitrogen and oxygen atoms in total. The lowest BCUT2D eigenvalue weighted by Gasteiger charge is -2.13. The molecule has 2 aromatic rings. The van der Waals surface area contributed by atoms with Crippen molar-refractivity contribution < 1.29 is 4.39 Å². The Balaban J connectivity index is 1.78. The number of rotatable bonds is 6. The molecule has 0 aliphatic rings. The normalized spacial score (nSPS) is 12.3. The van der Waals surface area contributed by atoms with Gasteiger partial charge in [-0.25, -0.2) is 4.39 Å². The minimum absolute atomic E-state index is 0.219. The van der Waals surface area contributed by atoms with Gasteiger partial charge in [-0.1, -0.05) is 61.0 Å². The van der Waals surface area contributed by atoms with E-state index in [-0.39, 0.29) is 10.8 Å². The van der Waals surface area contributed by atoms with Gasteiger partial charge in [0.2, 0.25) is 0 Å². The molecule has 1 unspecified atom stereocenters. The van der Waals surface area contributed by atoms with Crippen LogP contribution in [-0.4, -0.2) is 6.54 Å². The molecular weight excluding hydrogens is 273 g/mol. The average molecular weight is 292 g/mol. The van der Waals surface area contributed by atoms with Crippen LogP contribution in [-0.2, 0) is 6.54 Å². The summed E-state index contributed by atoms with van der Waals surface area (Å²) in [4.78, 5) is 0. The van der Waals surface area contributed by atoms with Gasteiger partial charge in [0.05, 0.1) is 5.02 Å². The maximum absolute atomic E-state index is 13.3. The van der Waals surface area contributed by atoms with Gasteiger partial charge in [-0.15, -0.1) is 0 Å². The predicted octanol–water partition coefficient (Wildman–Crippen LogP) is 4.76. The lowest BCUT2D eigenvalue weighted by atomic mass is 9.98. The summed E-state index contributed by atoms with van der Waals surface area (Å²) in [5.74, 6) is 0.148. The highest BCUT2D eigenvalue weighted by Crippen LogP contribution is 2.20. The highest BCUT2D eigenvalue weighted by molar-refractivity contribution is 6.31. The monoisotopic (exact) mass is 291 g/mol. The van der Waals surface area contributed by atoms with Crippen LogP contribution in [0, 0.1) is 5.82 Å². The summed E-state index contributed by atoms with van der Waals surface area (Å²) >= 11 is 5.92. The van der Waals surface area contributed by atoms with Gasteiger partial charge < -0.3 is 5.32 Å². The molecule has 20 heavy (non-hydrogen) atoms. The van der Waals surface area contributed by atoms with Gasteiger partial charge in [0, 0.05) is 6.54 Å². The lowest BCUT2D eigenvalue weighted by molar-refractivity contribution is 0.589. The van der Waals surface area contributed by atoms with E-state index in [1.54, 1.807) is 6.07 Å². The molecule has 0 aliphatic carbocycles. The maximum Gasteiger partial charge on any atom is 0.142 e. The largest absolute Gasteiger partial charge is 0.313 e. The average Bonchev–Trinajstić information content (AvgIpc) is 2.48. The van der Waals surface area contributed by atoms with Crippen LogP contribution in [0.3, 0.4) is 0 Å². The van der Waals surface area contributed by atoms with E-state index in [9.17, 15) is 4.39 Å². The minimum Gasteiger partial charge on any atom is -0.313 e. The first-order valence-corrected chi connectivity index (χ1v) is 7.25. The summed E-state index contributed by atoms with van der Waals surface area (Å²) in [6.07, 6.45) is 1.04. The second-order valence-corrected chi connectivity index (χ2v) is 5.37. The lowest BCUT2D eigenvalue weighted by Crippen LogP contribution is -2.17. The fourth-order valence-corrected chi connectivity index (χ4v) is 2.37. The smallest absolute Gasteiger partial charge is 0.142 e. The van der Waals surface area contributed by atoms with Crippen molar-refractivity contribution in [2.75, 3.05) is 6.54 Å². The number of halogens is 2. The third-order valence-corrected chi connectivity index (χ3v) is 3.89. The molecular formula is C17H19ClFN. The van der Waals surface area contributed by atoms with Crippen molar-refractivity contribution in [1.82, 2.24) is 5.32 Å². The molecule has 1 atom stereocenters. The zero-order chi connectivity index (χ0) is 14.4. The van der Waals surface area contributed by atoms with Crippen molar-refractivity contribution in [3.8, 4) is 0 Å². The van der Waals surface area contributed by atoms with E-state index in [4.69, 9.17) is 11.6 Å². The first-order valence-electron chi connectivity index (χ1n) is 6.87. The number of benzene rings is 2. The fraction of sp³-hybridized carbons (Fsp3) is 0.294. The molecule has 0 saturated carbocycles. The molecule has 0 amide bonds. The van der Waals surface area contributed by atoms with Crippen molar-refractivity contribution in [3.05, 3.63) is 70.5 Å². The summed E-state index contributed by atoms with van der Waals surface area (Å²) in [6, 6.07) is 15.4. The van der Waals surface area contributed by atoms with Crippen LogP contribution < -0.4 is 5.32 Å². The van der Waals surface area contributed by atoms with Crippen molar-refractivity contribution in [1.29, 1.82) is 0 Å². The van der Waals surface area contributed by atoms with Gasteiger partial charge in [0.25, 0.3) is 0 Å². The summed E-state index contributed by atoms with van der Waals surface area (Å²) in [5.41, 5.74) is 2.15. The number of nitrogens with one attached hydrogen (secondary N) is 1. The molecule has 1 N–H and O–H groups in total. The summed E-state index contributed by atoms with van der Waals surface area (Å²) < 4.78 is 13.3. The van der Waals surface area contributed by atoms with Gasteiger partial charge >= 0.3 is 0 Å². The standard InChI is InChI=1S/C17H19ClFN/c1-13(14-6-3-2-4-7-14)10-11-20-12-15-8-5-9-16(19)17(15)18/h2-9,13,20H,10-12H2,1H3. The Hall–Kier alpha value is -1.38. The molecule has 2 aromatic carbocycles. The van der Waals surface area contributed by atoms with Gasteiger partial charge in [0.1, 0.15) is 5.82 Å². The van der Waals surface area contributed by atoms with E-state index in [1.165, 1.54) is 11.6 Å². The molecule has 0 spiro atoms. The van der Waals surface area contributed by atoms with Crippen LogP contribution in [0.1, 0.15) is 30.4 Å². The topological polar surface area (TPSA) is 12.0 Å². The molecule has 106 valence electrons. The van der Waals surface area contributed by atoms with Crippen molar-refractivity contribution in [2.45, 2.75) is 25.8 Å². The van der Waals surface area contributed by atoms with Gasteiger partial charge in [-0.05, 0) is 36.1 Å². The Morgan fingerprint density at radius 3 is 2.60 bits per heavy atom. The van der Waals surface area contributed by atoms with E-state index in [0.29, 0.717) is 12.5 Å². The Bertz CT molecular complexity index is 542. The zero-order valence-electron chi connectivity index (χ0n) is 11.6. The first-order chi connectivity index (χ1) is 9.68. The second-order valence-electron chi connectivity index (χ2n) is 4.99. The van der Waals surface area contributed by atoms with Crippen LogP contribution in [0.15, 0.2) is 48.5 Å². The highest BCUT2D eigenvalue weighted by atomic mass is 35.5. The second kappa shape index (κ2) is 7.41. The first kappa shape index (κ1) is 15.0. The molecule has 0 bridgehead atoms. The molecule has 0 fully saturated rings. The fourth-order valence-electron chi connectivity index (χ4n) is 2.17. The van der Waals surface area contributed by atoms with Crippen molar-refractivity contribution in [3.63, 3.8) is 0 Å². The van der Waals surface area contributed by atoms with E-state index in [2.05, 4.69) is 36.5 Å². The van der Waals surface area contributed by atoms with Crippen LogP contribution in [0.4, 0.5) is 4.39 Å². The Morgan fingerprint density at radius 2 is 1.85 bits per heavy atom. The van der Waals surface area contributed by atoms with E-state index in [0.717, 1.165) is 18.5 Å². The van der Waals surface area contributed by atoms with E-state index < -0.39 is 0 Å². The summed E-state index contributed by atoms with van der Waals surface area (Å²) in [7, 11) is 0. The van der Waals surface area contributed by atoms with E-state index in [1.807, 2.05) is 12.1 Å². The molecule has 0 aromatic heterocycles. The number of hydrogen-bond acceptors (Lipinski definition) is 1. The Kier molecular flexibility index (Phi) is 5.57. The Morgan fingerprint density at radius 1 is 1.10 bits per heavy atom. The van der Waals surface area contributed by atoms with Crippen LogP contribution in [0.2, 0.25) is 5.02 Å². The van der Waals surface area contributed by atoms with E-state index >= 15 is 0 Å². The van der Waals surface area contributed by atoms with Crippen molar-refractivity contribution in [2.24, 2.45) is 0 Å². The predicted molar refractivity (Wildman–Crippen MR) is 82.6 cm³/mol. The van der Waals surface area contributed by atoms with Gasteiger partial charge in [0.15, 0.2) is 0 Å². The maximum atomic E-state index is 13.3. The molecule has 0 saturated heterocycles. The van der Waals surface area contributed by atoms with Crippen molar-refractivity contribution >= 4 is 11.6 Å². The molecule has 0 aliphatic heterocycles. The Labute approximate surface area is 124 Å². The third-order valence-electron chi connectivity index (χ3n) is 3.47. The molecule has 3 heteroatoms. The molecule has 2 rings (SSSR count).